The SMILES string of the molecule is Cc1ccc(C(=O)Nc2ccc3c(c2)NCCC3)cc1. The first-order valence-electron chi connectivity index (χ1n) is 6.97. The van der Waals surface area contributed by atoms with Crippen LogP contribution in [0, 0.1) is 6.92 Å². The molecule has 1 aliphatic heterocycles. The Labute approximate surface area is 119 Å². The number of hydrogen-bond acceptors (Lipinski definition) is 2. The van der Waals surface area contributed by atoms with Crippen LogP contribution in [0.1, 0.15) is 27.9 Å². The lowest BCUT2D eigenvalue weighted by Crippen LogP contribution is -2.14. The first-order valence-corrected chi connectivity index (χ1v) is 6.97. The maximum Gasteiger partial charge on any atom is 0.255 e. The summed E-state index contributed by atoms with van der Waals surface area (Å²) >= 11 is 0. The van der Waals surface area contributed by atoms with Crippen molar-refractivity contribution in [3.63, 3.8) is 0 Å². The topological polar surface area (TPSA) is 41.1 Å². The highest BCUT2D eigenvalue weighted by molar-refractivity contribution is 6.04. The molecule has 2 N–H and O–H groups in total. The minimum atomic E-state index is -0.0687. The molecule has 1 amide bonds. The van der Waals surface area contributed by atoms with Crippen molar-refractivity contribution in [1.29, 1.82) is 0 Å². The molecule has 0 aromatic heterocycles. The third-order valence-electron chi connectivity index (χ3n) is 3.62. The number of anilines is 2. The number of aryl methyl sites for hydroxylation is 2. The van der Waals surface area contributed by atoms with Crippen LogP contribution in [0.4, 0.5) is 11.4 Å². The van der Waals surface area contributed by atoms with Gasteiger partial charge in [0.2, 0.25) is 0 Å². The number of carbonyl (C=O) groups is 1. The van der Waals surface area contributed by atoms with Gasteiger partial charge in [-0.3, -0.25) is 4.79 Å². The molecule has 2 aromatic carbocycles. The van der Waals surface area contributed by atoms with Gasteiger partial charge < -0.3 is 10.6 Å². The molecule has 0 spiro atoms. The van der Waals surface area contributed by atoms with Crippen molar-refractivity contribution in [3.8, 4) is 0 Å². The highest BCUT2D eigenvalue weighted by atomic mass is 16.1. The molecular weight excluding hydrogens is 248 g/mol. The molecule has 3 heteroatoms. The summed E-state index contributed by atoms with van der Waals surface area (Å²) in [4.78, 5) is 12.2. The van der Waals surface area contributed by atoms with Crippen LogP contribution in [-0.4, -0.2) is 12.5 Å². The molecule has 20 heavy (non-hydrogen) atoms. The van der Waals surface area contributed by atoms with Gasteiger partial charge in [0, 0.05) is 23.5 Å². The lowest BCUT2D eigenvalue weighted by Gasteiger charge is -2.18. The zero-order chi connectivity index (χ0) is 13.9. The Morgan fingerprint density at radius 2 is 1.95 bits per heavy atom. The summed E-state index contributed by atoms with van der Waals surface area (Å²) in [5.41, 5.74) is 5.13. The summed E-state index contributed by atoms with van der Waals surface area (Å²) in [6.07, 6.45) is 2.27. The Hall–Kier alpha value is -2.29. The predicted molar refractivity (Wildman–Crippen MR) is 82.4 cm³/mol. The molecule has 2 aromatic rings. The highest BCUT2D eigenvalue weighted by Crippen LogP contribution is 2.25. The smallest absolute Gasteiger partial charge is 0.255 e. The van der Waals surface area contributed by atoms with E-state index in [2.05, 4.69) is 16.7 Å². The van der Waals surface area contributed by atoms with Crippen LogP contribution in [0.15, 0.2) is 42.5 Å². The number of amides is 1. The number of carbonyl (C=O) groups excluding carboxylic acids is 1. The molecule has 0 bridgehead atoms. The number of rotatable bonds is 2. The van der Waals surface area contributed by atoms with E-state index >= 15 is 0 Å². The fourth-order valence-electron chi connectivity index (χ4n) is 2.45. The van der Waals surface area contributed by atoms with Crippen LogP contribution in [0.5, 0.6) is 0 Å². The van der Waals surface area contributed by atoms with Gasteiger partial charge in [-0.25, -0.2) is 0 Å². The van der Waals surface area contributed by atoms with E-state index in [1.54, 1.807) is 0 Å². The summed E-state index contributed by atoms with van der Waals surface area (Å²) in [7, 11) is 0. The zero-order valence-corrected chi connectivity index (χ0v) is 11.6. The summed E-state index contributed by atoms with van der Waals surface area (Å²) in [6.45, 7) is 3.01. The number of hydrogen-bond donors (Lipinski definition) is 2. The largest absolute Gasteiger partial charge is 0.385 e. The molecule has 0 atom stereocenters. The lowest BCUT2D eigenvalue weighted by atomic mass is 10.0. The van der Waals surface area contributed by atoms with E-state index < -0.39 is 0 Å². The zero-order valence-electron chi connectivity index (χ0n) is 11.6. The Balaban J connectivity index is 1.77. The normalized spacial score (nSPS) is 13.2. The van der Waals surface area contributed by atoms with Gasteiger partial charge in [-0.05, 0) is 49.6 Å². The molecule has 0 saturated heterocycles. The Kier molecular flexibility index (Phi) is 3.42. The number of benzene rings is 2. The average Bonchev–Trinajstić information content (AvgIpc) is 2.48. The fourth-order valence-corrected chi connectivity index (χ4v) is 2.45. The van der Waals surface area contributed by atoms with Crippen LogP contribution < -0.4 is 10.6 Å². The van der Waals surface area contributed by atoms with Crippen LogP contribution >= 0.6 is 0 Å². The van der Waals surface area contributed by atoms with Crippen LogP contribution in [-0.2, 0) is 6.42 Å². The Bertz CT molecular complexity index is 632. The second-order valence-electron chi connectivity index (χ2n) is 5.22. The van der Waals surface area contributed by atoms with Crippen LogP contribution in [0.25, 0.3) is 0 Å². The molecule has 1 heterocycles. The fraction of sp³-hybridized carbons (Fsp3) is 0.235. The average molecular weight is 266 g/mol. The van der Waals surface area contributed by atoms with Crippen molar-refractivity contribution < 1.29 is 4.79 Å². The van der Waals surface area contributed by atoms with Crippen molar-refractivity contribution in [2.24, 2.45) is 0 Å². The molecule has 0 saturated carbocycles. The van der Waals surface area contributed by atoms with Gasteiger partial charge in [-0.2, -0.15) is 0 Å². The van der Waals surface area contributed by atoms with E-state index in [9.17, 15) is 4.79 Å². The van der Waals surface area contributed by atoms with Gasteiger partial charge in [0.05, 0.1) is 0 Å². The molecule has 1 aliphatic rings. The molecule has 3 nitrogen and oxygen atoms in total. The maximum atomic E-state index is 12.2. The summed E-state index contributed by atoms with van der Waals surface area (Å²) in [5, 5.41) is 6.32. The standard InChI is InChI=1S/C17H18N2O/c1-12-4-6-14(7-5-12)17(20)19-15-9-8-13-3-2-10-18-16(13)11-15/h4-9,11,18H,2-3,10H2,1H3,(H,19,20). The van der Waals surface area contributed by atoms with Crippen molar-refractivity contribution in [2.75, 3.05) is 17.2 Å². The van der Waals surface area contributed by atoms with E-state index in [0.717, 1.165) is 29.9 Å². The van der Waals surface area contributed by atoms with E-state index in [1.165, 1.54) is 12.0 Å². The van der Waals surface area contributed by atoms with Crippen LogP contribution in [0.2, 0.25) is 0 Å². The van der Waals surface area contributed by atoms with Crippen molar-refractivity contribution in [1.82, 2.24) is 0 Å². The molecule has 3 rings (SSSR count). The molecular formula is C17H18N2O. The van der Waals surface area contributed by atoms with Gasteiger partial charge in [0.1, 0.15) is 0 Å². The van der Waals surface area contributed by atoms with Gasteiger partial charge in [0.15, 0.2) is 0 Å². The maximum absolute atomic E-state index is 12.2. The third kappa shape index (κ3) is 2.67. The minimum absolute atomic E-state index is 0.0687. The van der Waals surface area contributed by atoms with E-state index in [1.807, 2.05) is 43.3 Å². The number of nitrogens with one attached hydrogen (secondary N) is 2. The number of fused-ring (bicyclic) bond motifs is 1. The van der Waals surface area contributed by atoms with Gasteiger partial charge in [-0.1, -0.05) is 23.8 Å². The lowest BCUT2D eigenvalue weighted by molar-refractivity contribution is 0.102. The summed E-state index contributed by atoms with van der Waals surface area (Å²) < 4.78 is 0. The third-order valence-corrected chi connectivity index (χ3v) is 3.62. The molecule has 0 unspecified atom stereocenters. The monoisotopic (exact) mass is 266 g/mol. The second-order valence-corrected chi connectivity index (χ2v) is 5.22. The van der Waals surface area contributed by atoms with Crippen molar-refractivity contribution >= 4 is 17.3 Å². The van der Waals surface area contributed by atoms with Gasteiger partial charge in [0.25, 0.3) is 5.91 Å². The molecule has 0 fully saturated rings. The quantitative estimate of drug-likeness (QED) is 0.872. The van der Waals surface area contributed by atoms with Gasteiger partial charge >= 0.3 is 0 Å². The minimum Gasteiger partial charge on any atom is -0.385 e. The van der Waals surface area contributed by atoms with E-state index in [-0.39, 0.29) is 5.91 Å². The Morgan fingerprint density at radius 1 is 1.15 bits per heavy atom. The summed E-state index contributed by atoms with van der Waals surface area (Å²) in [5.74, 6) is -0.0687. The van der Waals surface area contributed by atoms with Crippen LogP contribution in [0.3, 0.4) is 0 Å². The van der Waals surface area contributed by atoms with Gasteiger partial charge in [-0.15, -0.1) is 0 Å². The molecule has 0 radical (unpaired) electrons. The second kappa shape index (κ2) is 5.37. The van der Waals surface area contributed by atoms with Crippen molar-refractivity contribution in [3.05, 3.63) is 59.2 Å². The first kappa shape index (κ1) is 12.7. The molecule has 102 valence electrons. The van der Waals surface area contributed by atoms with E-state index in [0.29, 0.717) is 5.56 Å². The molecule has 0 aliphatic carbocycles. The van der Waals surface area contributed by atoms with E-state index in [4.69, 9.17) is 0 Å². The first-order chi connectivity index (χ1) is 9.72. The van der Waals surface area contributed by atoms with Crippen molar-refractivity contribution in [2.45, 2.75) is 19.8 Å². The highest BCUT2D eigenvalue weighted by Gasteiger charge is 2.10. The Morgan fingerprint density at radius 3 is 2.75 bits per heavy atom. The predicted octanol–water partition coefficient (Wildman–Crippen LogP) is 3.61. The summed E-state index contributed by atoms with van der Waals surface area (Å²) in [6, 6.07) is 13.7.